The van der Waals surface area contributed by atoms with Gasteiger partial charge in [0.2, 0.25) is 0 Å². The lowest BCUT2D eigenvalue weighted by Crippen LogP contribution is -2.43. The number of anilines is 1. The van der Waals surface area contributed by atoms with E-state index in [-0.39, 0.29) is 17.5 Å². The van der Waals surface area contributed by atoms with Crippen LogP contribution in [0.15, 0.2) is 52.9 Å². The van der Waals surface area contributed by atoms with Crippen LogP contribution in [0.3, 0.4) is 0 Å². The second-order valence-electron chi connectivity index (χ2n) is 8.08. The van der Waals surface area contributed by atoms with Crippen LogP contribution < -0.4 is 20.9 Å². The predicted octanol–water partition coefficient (Wildman–Crippen LogP) is 5.54. The van der Waals surface area contributed by atoms with E-state index >= 15 is 0 Å². The van der Waals surface area contributed by atoms with Crippen LogP contribution in [0.5, 0.6) is 5.75 Å². The molecule has 0 aliphatic heterocycles. The summed E-state index contributed by atoms with van der Waals surface area (Å²) in [5.74, 6) is 1.46. The van der Waals surface area contributed by atoms with Crippen molar-refractivity contribution >= 4 is 28.9 Å². The van der Waals surface area contributed by atoms with Crippen molar-refractivity contribution in [2.45, 2.75) is 47.1 Å². The zero-order chi connectivity index (χ0) is 23.3. The molecule has 2 aromatic carbocycles. The lowest BCUT2D eigenvalue weighted by molar-refractivity contribution is 0.0912. The van der Waals surface area contributed by atoms with Crippen molar-refractivity contribution in [3.63, 3.8) is 0 Å². The second-order valence-corrected chi connectivity index (χ2v) is 8.49. The molecule has 0 radical (unpaired) electrons. The summed E-state index contributed by atoms with van der Waals surface area (Å²) in [5, 5.41) is 3.31. The van der Waals surface area contributed by atoms with Gasteiger partial charge in [0, 0.05) is 5.69 Å². The Morgan fingerprint density at radius 2 is 1.78 bits per heavy atom. The normalized spacial score (nSPS) is 10.7. The lowest BCUT2D eigenvalue weighted by atomic mass is 10.0. The molecule has 0 saturated carbocycles. The SMILES string of the molecule is Cc1ccc(C(C)C)c(OCc2ccc(C(=O)NNC(=S)Nc3ccc(C)c(C)c3)o2)c1. The molecule has 1 heterocycles. The minimum atomic E-state index is -0.432. The smallest absolute Gasteiger partial charge is 0.305 e. The summed E-state index contributed by atoms with van der Waals surface area (Å²) in [6.07, 6.45) is 0. The fourth-order valence-corrected chi connectivity index (χ4v) is 3.30. The van der Waals surface area contributed by atoms with E-state index in [0.29, 0.717) is 11.7 Å². The third-order valence-electron chi connectivity index (χ3n) is 5.10. The highest BCUT2D eigenvalue weighted by Crippen LogP contribution is 2.28. The Morgan fingerprint density at radius 1 is 1.00 bits per heavy atom. The van der Waals surface area contributed by atoms with Crippen molar-refractivity contribution in [2.75, 3.05) is 5.32 Å². The molecule has 3 N–H and O–H groups in total. The van der Waals surface area contributed by atoms with Gasteiger partial charge < -0.3 is 14.5 Å². The molecule has 3 aromatic rings. The lowest BCUT2D eigenvalue weighted by Gasteiger charge is -2.14. The fraction of sp³-hybridized carbons (Fsp3) is 0.280. The number of aryl methyl sites for hydroxylation is 3. The molecule has 0 fully saturated rings. The molecule has 3 rings (SSSR count). The van der Waals surface area contributed by atoms with E-state index in [4.69, 9.17) is 21.4 Å². The summed E-state index contributed by atoms with van der Waals surface area (Å²) in [5.41, 5.74) is 10.7. The number of furan rings is 1. The van der Waals surface area contributed by atoms with Crippen LogP contribution in [-0.4, -0.2) is 11.0 Å². The van der Waals surface area contributed by atoms with Crippen LogP contribution in [0.25, 0.3) is 0 Å². The van der Waals surface area contributed by atoms with Crippen LogP contribution in [-0.2, 0) is 6.61 Å². The molecule has 0 saturated heterocycles. The van der Waals surface area contributed by atoms with Crippen LogP contribution in [0.1, 0.15) is 58.3 Å². The predicted molar refractivity (Wildman–Crippen MR) is 131 cm³/mol. The molecule has 32 heavy (non-hydrogen) atoms. The molecule has 1 amide bonds. The van der Waals surface area contributed by atoms with Crippen molar-refractivity contribution < 1.29 is 13.9 Å². The summed E-state index contributed by atoms with van der Waals surface area (Å²) in [7, 11) is 0. The van der Waals surface area contributed by atoms with Crippen molar-refractivity contribution in [1.29, 1.82) is 0 Å². The maximum Gasteiger partial charge on any atom is 0.305 e. The monoisotopic (exact) mass is 451 g/mol. The van der Waals surface area contributed by atoms with E-state index in [1.165, 1.54) is 5.56 Å². The maximum atomic E-state index is 12.4. The van der Waals surface area contributed by atoms with E-state index in [9.17, 15) is 4.79 Å². The number of ether oxygens (including phenoxy) is 1. The van der Waals surface area contributed by atoms with Gasteiger partial charge in [-0.2, -0.15) is 0 Å². The zero-order valence-electron chi connectivity index (χ0n) is 19.0. The van der Waals surface area contributed by atoms with Gasteiger partial charge in [0.1, 0.15) is 18.1 Å². The van der Waals surface area contributed by atoms with Crippen LogP contribution >= 0.6 is 12.2 Å². The van der Waals surface area contributed by atoms with Crippen molar-refractivity contribution in [2.24, 2.45) is 0 Å². The highest BCUT2D eigenvalue weighted by molar-refractivity contribution is 7.80. The molecular formula is C25H29N3O3S. The number of hydrogen-bond donors (Lipinski definition) is 3. The average Bonchev–Trinajstić information content (AvgIpc) is 3.22. The highest BCUT2D eigenvalue weighted by atomic mass is 32.1. The molecule has 6 nitrogen and oxygen atoms in total. The molecule has 0 unspecified atom stereocenters. The van der Waals surface area contributed by atoms with Crippen LogP contribution in [0.2, 0.25) is 0 Å². The van der Waals surface area contributed by atoms with Crippen molar-refractivity contribution in [3.05, 3.63) is 82.3 Å². The molecule has 0 aliphatic carbocycles. The van der Waals surface area contributed by atoms with Gasteiger partial charge in [0.05, 0.1) is 0 Å². The Labute approximate surface area is 194 Å². The standard InChI is InChI=1S/C25H29N3O3S/c1-15(2)21-10-6-16(3)12-23(21)30-14-20-9-11-22(31-20)24(29)27-28-25(32)26-19-8-7-17(4)18(5)13-19/h6-13,15H,14H2,1-5H3,(H,27,29)(H2,26,28,32). The second kappa shape index (κ2) is 10.3. The summed E-state index contributed by atoms with van der Waals surface area (Å²) < 4.78 is 11.6. The van der Waals surface area contributed by atoms with Gasteiger partial charge >= 0.3 is 5.91 Å². The summed E-state index contributed by atoms with van der Waals surface area (Å²) in [6, 6.07) is 15.4. The molecular weight excluding hydrogens is 422 g/mol. The molecule has 0 spiro atoms. The maximum absolute atomic E-state index is 12.4. The third-order valence-corrected chi connectivity index (χ3v) is 5.30. The number of benzene rings is 2. The largest absolute Gasteiger partial charge is 0.485 e. The van der Waals surface area contributed by atoms with E-state index in [0.717, 1.165) is 28.1 Å². The van der Waals surface area contributed by atoms with Gasteiger partial charge in [-0.05, 0) is 91.5 Å². The first kappa shape index (κ1) is 23.3. The topological polar surface area (TPSA) is 75.5 Å². The first-order valence-corrected chi connectivity index (χ1v) is 10.9. The Hall–Kier alpha value is -3.32. The number of nitrogens with one attached hydrogen (secondary N) is 3. The van der Waals surface area contributed by atoms with Crippen molar-refractivity contribution in [3.8, 4) is 5.75 Å². The number of thiocarbonyl (C=S) groups is 1. The Bertz CT molecular complexity index is 1120. The van der Waals surface area contributed by atoms with Gasteiger partial charge in [0.25, 0.3) is 0 Å². The molecule has 1 aromatic heterocycles. The number of amides is 1. The Morgan fingerprint density at radius 3 is 2.50 bits per heavy atom. The summed E-state index contributed by atoms with van der Waals surface area (Å²) in [6.45, 7) is 10.6. The van der Waals surface area contributed by atoms with Gasteiger partial charge in [-0.1, -0.05) is 32.0 Å². The number of carbonyl (C=O) groups is 1. The summed E-state index contributed by atoms with van der Waals surface area (Å²) in [4.78, 5) is 12.4. The van der Waals surface area contributed by atoms with Gasteiger partial charge in [-0.3, -0.25) is 15.6 Å². The Balaban J connectivity index is 1.53. The van der Waals surface area contributed by atoms with E-state index in [2.05, 4.69) is 42.1 Å². The number of hydrogen-bond acceptors (Lipinski definition) is 4. The zero-order valence-corrected chi connectivity index (χ0v) is 19.9. The Kier molecular flexibility index (Phi) is 7.53. The fourth-order valence-electron chi connectivity index (χ4n) is 3.13. The molecule has 7 heteroatoms. The van der Waals surface area contributed by atoms with E-state index in [1.54, 1.807) is 12.1 Å². The number of rotatable bonds is 6. The average molecular weight is 452 g/mol. The first-order valence-electron chi connectivity index (χ1n) is 10.5. The summed E-state index contributed by atoms with van der Waals surface area (Å²) >= 11 is 5.24. The third kappa shape index (κ3) is 6.11. The van der Waals surface area contributed by atoms with Gasteiger partial charge in [0.15, 0.2) is 10.9 Å². The van der Waals surface area contributed by atoms with Gasteiger partial charge in [-0.15, -0.1) is 0 Å². The first-order chi connectivity index (χ1) is 15.2. The van der Waals surface area contributed by atoms with E-state index < -0.39 is 5.91 Å². The van der Waals surface area contributed by atoms with E-state index in [1.807, 2.05) is 45.0 Å². The quantitative estimate of drug-likeness (QED) is 0.338. The van der Waals surface area contributed by atoms with Crippen LogP contribution in [0.4, 0.5) is 5.69 Å². The molecule has 168 valence electrons. The molecule has 0 atom stereocenters. The van der Waals surface area contributed by atoms with Crippen molar-refractivity contribution in [1.82, 2.24) is 10.9 Å². The highest BCUT2D eigenvalue weighted by Gasteiger charge is 2.13. The molecule has 0 bridgehead atoms. The number of hydrazine groups is 1. The van der Waals surface area contributed by atoms with Gasteiger partial charge in [-0.25, -0.2) is 0 Å². The number of carbonyl (C=O) groups excluding carboxylic acids is 1. The minimum absolute atomic E-state index is 0.165. The minimum Gasteiger partial charge on any atom is -0.485 e. The molecule has 0 aliphatic rings. The van der Waals surface area contributed by atoms with Crippen LogP contribution in [0, 0.1) is 20.8 Å².